The molecule has 0 heterocycles. The van der Waals surface area contributed by atoms with E-state index in [9.17, 15) is 4.79 Å². The third-order valence-corrected chi connectivity index (χ3v) is 3.07. The lowest BCUT2D eigenvalue weighted by Crippen LogP contribution is -1.99. The van der Waals surface area contributed by atoms with Crippen LogP contribution in [-0.2, 0) is 4.79 Å². The van der Waals surface area contributed by atoms with Crippen molar-refractivity contribution in [3.8, 4) is 0 Å². The number of aliphatic carboxylic acids is 1. The molecule has 74 valence electrons. The van der Waals surface area contributed by atoms with Gasteiger partial charge in [-0.15, -0.1) is 0 Å². The van der Waals surface area contributed by atoms with Crippen molar-refractivity contribution in [2.45, 2.75) is 26.2 Å². The van der Waals surface area contributed by atoms with Crippen molar-refractivity contribution in [2.75, 3.05) is 0 Å². The molecule has 1 aromatic carbocycles. The summed E-state index contributed by atoms with van der Waals surface area (Å²) in [7, 11) is 0. The molecule has 0 aliphatic heterocycles. The van der Waals surface area contributed by atoms with Gasteiger partial charge in [-0.05, 0) is 42.9 Å². The van der Waals surface area contributed by atoms with E-state index in [-0.39, 0.29) is 11.8 Å². The predicted octanol–water partition coefficient (Wildman–Crippen LogP) is 2.49. The maximum absolute atomic E-state index is 10.7. The molecule has 1 saturated carbocycles. The van der Waals surface area contributed by atoms with Crippen molar-refractivity contribution in [2.24, 2.45) is 5.92 Å². The number of hydrogen-bond donors (Lipinski definition) is 1. The van der Waals surface area contributed by atoms with Gasteiger partial charge in [0.2, 0.25) is 0 Å². The summed E-state index contributed by atoms with van der Waals surface area (Å²) in [4.78, 5) is 10.7. The fraction of sp³-hybridized carbons (Fsp3) is 0.417. The Bertz CT molecular complexity index is 382. The summed E-state index contributed by atoms with van der Waals surface area (Å²) < 4.78 is 0. The van der Waals surface area contributed by atoms with E-state index >= 15 is 0 Å². The lowest BCUT2D eigenvalue weighted by atomic mass is 10.0. The number of carbonyl (C=O) groups is 1. The minimum absolute atomic E-state index is 0.142. The van der Waals surface area contributed by atoms with Gasteiger partial charge in [-0.25, -0.2) is 0 Å². The third kappa shape index (κ3) is 1.52. The maximum atomic E-state index is 10.7. The monoisotopic (exact) mass is 190 g/mol. The van der Waals surface area contributed by atoms with Crippen molar-refractivity contribution < 1.29 is 9.90 Å². The van der Waals surface area contributed by atoms with Gasteiger partial charge >= 0.3 is 5.97 Å². The number of carboxylic acid groups (broad SMARTS) is 1. The highest BCUT2D eigenvalue weighted by Gasteiger charge is 2.44. The van der Waals surface area contributed by atoms with E-state index in [4.69, 9.17) is 5.11 Å². The molecule has 1 fully saturated rings. The molecule has 2 atom stereocenters. The van der Waals surface area contributed by atoms with E-state index in [0.717, 1.165) is 6.42 Å². The molecule has 2 rings (SSSR count). The second-order valence-corrected chi connectivity index (χ2v) is 4.13. The largest absolute Gasteiger partial charge is 0.481 e. The maximum Gasteiger partial charge on any atom is 0.307 e. The number of benzene rings is 1. The van der Waals surface area contributed by atoms with Crippen LogP contribution < -0.4 is 0 Å². The van der Waals surface area contributed by atoms with Crippen molar-refractivity contribution in [3.05, 3.63) is 34.9 Å². The van der Waals surface area contributed by atoms with Crippen molar-refractivity contribution >= 4 is 5.97 Å². The van der Waals surface area contributed by atoms with E-state index in [1.165, 1.54) is 16.7 Å². The standard InChI is InChI=1S/C12H14O2/c1-7-3-4-9(5-8(7)2)10-6-11(10)12(13)14/h3-5,10-11H,6H2,1-2H3,(H,13,14)/t10-,11+/m0/s1. The molecule has 0 radical (unpaired) electrons. The third-order valence-electron chi connectivity index (χ3n) is 3.07. The van der Waals surface area contributed by atoms with E-state index in [0.29, 0.717) is 0 Å². The molecule has 0 bridgehead atoms. The van der Waals surface area contributed by atoms with Crippen LogP contribution >= 0.6 is 0 Å². The van der Waals surface area contributed by atoms with Gasteiger partial charge in [-0.1, -0.05) is 18.2 Å². The van der Waals surface area contributed by atoms with Gasteiger partial charge in [0.15, 0.2) is 0 Å². The summed E-state index contributed by atoms with van der Waals surface area (Å²) in [5.74, 6) is -0.544. The molecule has 0 saturated heterocycles. The Kier molecular flexibility index (Phi) is 2.06. The van der Waals surface area contributed by atoms with E-state index < -0.39 is 5.97 Å². The van der Waals surface area contributed by atoms with Crippen LogP contribution in [-0.4, -0.2) is 11.1 Å². The van der Waals surface area contributed by atoms with Crippen molar-refractivity contribution in [3.63, 3.8) is 0 Å². The first-order chi connectivity index (χ1) is 6.59. The molecule has 14 heavy (non-hydrogen) atoms. The van der Waals surface area contributed by atoms with Crippen LogP contribution in [0.2, 0.25) is 0 Å². The number of aryl methyl sites for hydroxylation is 2. The molecule has 0 unspecified atom stereocenters. The first kappa shape index (κ1) is 9.25. The van der Waals surface area contributed by atoms with Crippen LogP contribution in [0.25, 0.3) is 0 Å². The average molecular weight is 190 g/mol. The Morgan fingerprint density at radius 3 is 2.57 bits per heavy atom. The minimum Gasteiger partial charge on any atom is -0.481 e. The molecule has 0 spiro atoms. The Hall–Kier alpha value is -1.31. The highest BCUT2D eigenvalue weighted by Crippen LogP contribution is 2.47. The van der Waals surface area contributed by atoms with Gasteiger partial charge in [-0.2, -0.15) is 0 Å². The first-order valence-corrected chi connectivity index (χ1v) is 4.89. The SMILES string of the molecule is Cc1ccc([C@@H]2C[C@H]2C(=O)O)cc1C. The summed E-state index contributed by atoms with van der Waals surface area (Å²) in [6, 6.07) is 6.24. The average Bonchev–Trinajstić information content (AvgIpc) is 2.89. The van der Waals surface area contributed by atoms with Gasteiger partial charge in [0.05, 0.1) is 5.92 Å². The summed E-state index contributed by atoms with van der Waals surface area (Å²) in [5.41, 5.74) is 3.69. The summed E-state index contributed by atoms with van der Waals surface area (Å²) in [5, 5.41) is 8.81. The molecule has 0 amide bonds. The van der Waals surface area contributed by atoms with Gasteiger partial charge in [0, 0.05) is 0 Å². The predicted molar refractivity (Wildman–Crippen MR) is 54.4 cm³/mol. The fourth-order valence-electron chi connectivity index (χ4n) is 1.83. The summed E-state index contributed by atoms with van der Waals surface area (Å²) in [6.07, 6.45) is 0.803. The number of rotatable bonds is 2. The van der Waals surface area contributed by atoms with Crippen LogP contribution in [0.4, 0.5) is 0 Å². The van der Waals surface area contributed by atoms with E-state index in [1.807, 2.05) is 0 Å². The van der Waals surface area contributed by atoms with Crippen LogP contribution in [0, 0.1) is 19.8 Å². The molecular weight excluding hydrogens is 176 g/mol. The van der Waals surface area contributed by atoms with Gasteiger partial charge in [0.25, 0.3) is 0 Å². The molecule has 2 nitrogen and oxygen atoms in total. The molecule has 2 heteroatoms. The highest BCUT2D eigenvalue weighted by molar-refractivity contribution is 5.75. The van der Waals surface area contributed by atoms with Crippen molar-refractivity contribution in [1.29, 1.82) is 0 Å². The fourth-order valence-corrected chi connectivity index (χ4v) is 1.83. The van der Waals surface area contributed by atoms with Crippen LogP contribution in [0.5, 0.6) is 0 Å². The second-order valence-electron chi connectivity index (χ2n) is 4.13. The van der Waals surface area contributed by atoms with E-state index in [2.05, 4.69) is 32.0 Å². The first-order valence-electron chi connectivity index (χ1n) is 4.89. The lowest BCUT2D eigenvalue weighted by Gasteiger charge is -2.03. The Balaban J connectivity index is 2.20. The number of hydrogen-bond acceptors (Lipinski definition) is 1. The smallest absolute Gasteiger partial charge is 0.307 e. The van der Waals surface area contributed by atoms with E-state index in [1.54, 1.807) is 0 Å². The molecular formula is C12H14O2. The molecule has 0 aromatic heterocycles. The Morgan fingerprint density at radius 1 is 1.36 bits per heavy atom. The van der Waals surface area contributed by atoms with Gasteiger partial charge in [0.1, 0.15) is 0 Å². The normalized spacial score (nSPS) is 24.7. The highest BCUT2D eigenvalue weighted by atomic mass is 16.4. The molecule has 1 aliphatic carbocycles. The summed E-state index contributed by atoms with van der Waals surface area (Å²) in [6.45, 7) is 4.14. The Morgan fingerprint density at radius 2 is 2.07 bits per heavy atom. The zero-order valence-electron chi connectivity index (χ0n) is 8.45. The quantitative estimate of drug-likeness (QED) is 0.778. The van der Waals surface area contributed by atoms with Crippen molar-refractivity contribution in [1.82, 2.24) is 0 Å². The molecule has 1 aliphatic rings. The zero-order valence-corrected chi connectivity index (χ0v) is 8.45. The van der Waals surface area contributed by atoms with Crippen LogP contribution in [0.1, 0.15) is 29.0 Å². The molecule has 1 aromatic rings. The second kappa shape index (κ2) is 3.12. The minimum atomic E-state index is -0.659. The van der Waals surface area contributed by atoms with Gasteiger partial charge < -0.3 is 5.11 Å². The topological polar surface area (TPSA) is 37.3 Å². The van der Waals surface area contributed by atoms with Gasteiger partial charge in [-0.3, -0.25) is 4.79 Å². The number of carboxylic acids is 1. The summed E-state index contributed by atoms with van der Waals surface area (Å²) >= 11 is 0. The van der Waals surface area contributed by atoms with Crippen LogP contribution in [0.3, 0.4) is 0 Å². The zero-order chi connectivity index (χ0) is 10.3. The lowest BCUT2D eigenvalue weighted by molar-refractivity contribution is -0.138. The Labute approximate surface area is 83.6 Å². The van der Waals surface area contributed by atoms with Crippen LogP contribution in [0.15, 0.2) is 18.2 Å². The molecule has 1 N–H and O–H groups in total.